The molecule has 0 aliphatic carbocycles. The van der Waals surface area contributed by atoms with Gasteiger partial charge < -0.3 is 9.88 Å². The Balaban J connectivity index is 1.64. The maximum Gasteiger partial charge on any atom is 0.246 e. The van der Waals surface area contributed by atoms with E-state index in [1.807, 2.05) is 54.4 Å². The molecule has 1 aliphatic rings. The Morgan fingerprint density at radius 1 is 1.36 bits per heavy atom. The molecule has 1 saturated heterocycles. The molecule has 22 heavy (non-hydrogen) atoms. The molecule has 1 N–H and O–H groups in total. The molecule has 1 atom stereocenters. The summed E-state index contributed by atoms with van der Waals surface area (Å²) in [5.41, 5.74) is 2.12. The first-order valence-electron chi connectivity index (χ1n) is 7.76. The summed E-state index contributed by atoms with van der Waals surface area (Å²) >= 11 is 0. The fraction of sp³-hybridized carbons (Fsp3) is 0.333. The van der Waals surface area contributed by atoms with Crippen LogP contribution in [0.4, 0.5) is 0 Å². The normalized spacial score (nSPS) is 18.8. The number of hydrogen-bond donors (Lipinski definition) is 1. The van der Waals surface area contributed by atoms with Gasteiger partial charge in [-0.1, -0.05) is 30.3 Å². The number of H-pyrrole nitrogens is 1. The molecule has 0 spiro atoms. The van der Waals surface area contributed by atoms with Crippen LogP contribution < -0.4 is 0 Å². The molecule has 0 radical (unpaired) electrons. The molecular formula is C18H21N3O. The Labute approximate surface area is 130 Å². The van der Waals surface area contributed by atoms with Crippen LogP contribution in [0.25, 0.3) is 6.08 Å². The first-order chi connectivity index (χ1) is 10.7. The summed E-state index contributed by atoms with van der Waals surface area (Å²) < 4.78 is 0. The molecule has 0 saturated carbocycles. The molecule has 2 aromatic rings. The average molecular weight is 295 g/mol. The largest absolute Gasteiger partial charge is 0.346 e. The van der Waals surface area contributed by atoms with Crippen LogP contribution in [0, 0.1) is 6.92 Å². The molecule has 0 bridgehead atoms. The third-order valence-electron chi connectivity index (χ3n) is 4.06. The molecular weight excluding hydrogens is 274 g/mol. The number of nitrogens with zero attached hydrogens (tertiary/aromatic N) is 2. The van der Waals surface area contributed by atoms with Crippen molar-refractivity contribution in [2.24, 2.45) is 0 Å². The smallest absolute Gasteiger partial charge is 0.246 e. The first kappa shape index (κ1) is 14.6. The van der Waals surface area contributed by atoms with Gasteiger partial charge in [0, 0.05) is 37.0 Å². The summed E-state index contributed by atoms with van der Waals surface area (Å²) in [5, 5.41) is 0. The van der Waals surface area contributed by atoms with Gasteiger partial charge in [0.2, 0.25) is 5.91 Å². The van der Waals surface area contributed by atoms with Gasteiger partial charge >= 0.3 is 0 Å². The number of amides is 1. The minimum atomic E-state index is 0.0804. The maximum atomic E-state index is 12.4. The molecule has 4 nitrogen and oxygen atoms in total. The zero-order valence-electron chi connectivity index (χ0n) is 12.8. The number of benzene rings is 1. The highest BCUT2D eigenvalue weighted by atomic mass is 16.2. The van der Waals surface area contributed by atoms with Crippen LogP contribution >= 0.6 is 0 Å². The summed E-state index contributed by atoms with van der Waals surface area (Å²) in [6.45, 7) is 3.57. The average Bonchev–Trinajstić information content (AvgIpc) is 3.00. The van der Waals surface area contributed by atoms with Crippen molar-refractivity contribution in [1.82, 2.24) is 14.9 Å². The van der Waals surface area contributed by atoms with Crippen LogP contribution in [-0.4, -0.2) is 33.9 Å². The van der Waals surface area contributed by atoms with Gasteiger partial charge in [-0.05, 0) is 31.4 Å². The maximum absolute atomic E-state index is 12.4. The van der Waals surface area contributed by atoms with Gasteiger partial charge in [-0.15, -0.1) is 0 Å². The predicted octanol–water partition coefficient (Wildman–Crippen LogP) is 3.14. The summed E-state index contributed by atoms with van der Waals surface area (Å²) in [4.78, 5) is 22.0. The van der Waals surface area contributed by atoms with Crippen LogP contribution in [0.1, 0.15) is 35.8 Å². The van der Waals surface area contributed by atoms with Crippen LogP contribution in [0.15, 0.2) is 42.6 Å². The fourth-order valence-corrected chi connectivity index (χ4v) is 2.88. The van der Waals surface area contributed by atoms with Crippen molar-refractivity contribution in [3.63, 3.8) is 0 Å². The van der Waals surface area contributed by atoms with Crippen LogP contribution in [0.5, 0.6) is 0 Å². The van der Waals surface area contributed by atoms with E-state index in [1.165, 1.54) is 0 Å². The van der Waals surface area contributed by atoms with Crippen LogP contribution in [-0.2, 0) is 4.79 Å². The number of likely N-dealkylation sites (tertiary alicyclic amines) is 1. The van der Waals surface area contributed by atoms with Crippen molar-refractivity contribution in [2.75, 3.05) is 13.1 Å². The molecule has 3 rings (SSSR count). The number of rotatable bonds is 3. The summed E-state index contributed by atoms with van der Waals surface area (Å²) in [6, 6.07) is 9.91. The SMILES string of the molecule is Cc1cnc([C@@H]2CCCN(C(=O)/C=C/c3ccccc3)C2)[nH]1. The van der Waals surface area contributed by atoms with Crippen molar-refractivity contribution >= 4 is 12.0 Å². The van der Waals surface area contributed by atoms with E-state index in [-0.39, 0.29) is 5.91 Å². The van der Waals surface area contributed by atoms with E-state index >= 15 is 0 Å². The number of carbonyl (C=O) groups is 1. The van der Waals surface area contributed by atoms with Gasteiger partial charge in [-0.3, -0.25) is 4.79 Å². The van der Waals surface area contributed by atoms with Gasteiger partial charge in [0.1, 0.15) is 5.82 Å². The quantitative estimate of drug-likeness (QED) is 0.884. The molecule has 1 fully saturated rings. The lowest BCUT2D eigenvalue weighted by Crippen LogP contribution is -2.38. The minimum Gasteiger partial charge on any atom is -0.346 e. The number of imidazole rings is 1. The van der Waals surface area contributed by atoms with E-state index in [4.69, 9.17) is 0 Å². The summed E-state index contributed by atoms with van der Waals surface area (Å²) in [5.74, 6) is 1.40. The van der Waals surface area contributed by atoms with Crippen molar-refractivity contribution in [1.29, 1.82) is 0 Å². The second kappa shape index (κ2) is 6.60. The van der Waals surface area contributed by atoms with E-state index < -0.39 is 0 Å². The van der Waals surface area contributed by atoms with Gasteiger partial charge in [0.05, 0.1) is 0 Å². The number of aromatic amines is 1. The third kappa shape index (κ3) is 3.45. The topological polar surface area (TPSA) is 49.0 Å². The van der Waals surface area contributed by atoms with E-state index in [0.29, 0.717) is 5.92 Å². The van der Waals surface area contributed by atoms with Crippen molar-refractivity contribution in [3.05, 3.63) is 59.7 Å². The minimum absolute atomic E-state index is 0.0804. The van der Waals surface area contributed by atoms with E-state index in [0.717, 1.165) is 43.0 Å². The van der Waals surface area contributed by atoms with Crippen LogP contribution in [0.2, 0.25) is 0 Å². The molecule has 1 amide bonds. The molecule has 1 aliphatic heterocycles. The second-order valence-corrected chi connectivity index (χ2v) is 5.82. The van der Waals surface area contributed by atoms with Crippen molar-refractivity contribution in [3.8, 4) is 0 Å². The van der Waals surface area contributed by atoms with Crippen molar-refractivity contribution in [2.45, 2.75) is 25.7 Å². The third-order valence-corrected chi connectivity index (χ3v) is 4.06. The monoisotopic (exact) mass is 295 g/mol. The molecule has 0 unspecified atom stereocenters. The summed E-state index contributed by atoms with van der Waals surface area (Å²) in [7, 11) is 0. The second-order valence-electron chi connectivity index (χ2n) is 5.82. The molecule has 4 heteroatoms. The fourth-order valence-electron chi connectivity index (χ4n) is 2.88. The Morgan fingerprint density at radius 3 is 2.91 bits per heavy atom. The molecule has 114 valence electrons. The number of hydrogen-bond acceptors (Lipinski definition) is 2. The first-order valence-corrected chi connectivity index (χ1v) is 7.76. The lowest BCUT2D eigenvalue weighted by Gasteiger charge is -2.31. The zero-order chi connectivity index (χ0) is 15.4. The Bertz CT molecular complexity index is 660. The zero-order valence-corrected chi connectivity index (χ0v) is 12.8. The number of aromatic nitrogens is 2. The van der Waals surface area contributed by atoms with Gasteiger partial charge in [0.25, 0.3) is 0 Å². The number of carbonyl (C=O) groups excluding carboxylic acids is 1. The highest BCUT2D eigenvalue weighted by Gasteiger charge is 2.25. The molecule has 1 aromatic carbocycles. The number of piperidine rings is 1. The van der Waals surface area contributed by atoms with Gasteiger partial charge in [-0.2, -0.15) is 0 Å². The lowest BCUT2D eigenvalue weighted by atomic mass is 9.97. The Kier molecular flexibility index (Phi) is 4.37. The highest BCUT2D eigenvalue weighted by molar-refractivity contribution is 5.91. The molecule has 1 aromatic heterocycles. The Morgan fingerprint density at radius 2 is 2.18 bits per heavy atom. The van der Waals surface area contributed by atoms with Crippen LogP contribution in [0.3, 0.4) is 0 Å². The number of nitrogens with one attached hydrogen (secondary N) is 1. The predicted molar refractivity (Wildman–Crippen MR) is 87.4 cm³/mol. The van der Waals surface area contributed by atoms with E-state index in [9.17, 15) is 4.79 Å². The molecule has 2 heterocycles. The van der Waals surface area contributed by atoms with E-state index in [1.54, 1.807) is 6.08 Å². The van der Waals surface area contributed by atoms with E-state index in [2.05, 4.69) is 9.97 Å². The van der Waals surface area contributed by atoms with Gasteiger partial charge in [0.15, 0.2) is 0 Å². The Hall–Kier alpha value is -2.36. The number of aryl methyl sites for hydroxylation is 1. The highest BCUT2D eigenvalue weighted by Crippen LogP contribution is 2.25. The lowest BCUT2D eigenvalue weighted by molar-refractivity contribution is -0.127. The standard InChI is InChI=1S/C18H21N3O/c1-14-12-19-18(20-14)16-8-5-11-21(13-16)17(22)10-9-15-6-3-2-4-7-15/h2-4,6-7,9-10,12,16H,5,8,11,13H2,1H3,(H,19,20)/b10-9+/t16-/m1/s1. The van der Waals surface area contributed by atoms with Crippen molar-refractivity contribution < 1.29 is 4.79 Å². The van der Waals surface area contributed by atoms with Gasteiger partial charge in [-0.25, -0.2) is 4.98 Å². The summed E-state index contributed by atoms with van der Waals surface area (Å²) in [6.07, 6.45) is 7.51.